The molecule has 0 spiro atoms. The lowest BCUT2D eigenvalue weighted by Gasteiger charge is -2.21. The number of β-amino-alcohol motifs (C(OH)–C–C–N with tert-alkyl or cyclic N) is 1. The van der Waals surface area contributed by atoms with Crippen LogP contribution in [0.15, 0.2) is 17.0 Å². The van der Waals surface area contributed by atoms with Crippen LogP contribution in [0.1, 0.15) is 17.0 Å². The fourth-order valence-electron chi connectivity index (χ4n) is 2.64. The van der Waals surface area contributed by atoms with Crippen molar-refractivity contribution < 1.29 is 26.7 Å². The SMILES string of the molecule is Cc1sc(-c2cc(C(F)(F)F)[nH]n2)cc1S(=O)(=O)NCC1(O)CCNC1.Cl. The van der Waals surface area contributed by atoms with Crippen LogP contribution in [0, 0.1) is 6.92 Å². The molecule has 0 bridgehead atoms. The van der Waals surface area contributed by atoms with Crippen molar-refractivity contribution in [1.29, 1.82) is 0 Å². The molecular weight excluding hydrogens is 429 g/mol. The Morgan fingerprint density at radius 3 is 2.67 bits per heavy atom. The molecule has 27 heavy (non-hydrogen) atoms. The molecule has 1 aliphatic heterocycles. The summed E-state index contributed by atoms with van der Waals surface area (Å²) in [6.07, 6.45) is -4.13. The Labute approximate surface area is 163 Å². The summed E-state index contributed by atoms with van der Waals surface area (Å²) in [6, 6.07) is 2.12. The van der Waals surface area contributed by atoms with Crippen molar-refractivity contribution in [1.82, 2.24) is 20.2 Å². The zero-order valence-electron chi connectivity index (χ0n) is 14.1. The lowest BCUT2D eigenvalue weighted by atomic mass is 10.1. The molecule has 152 valence electrons. The minimum absolute atomic E-state index is 0. The number of aliphatic hydroxyl groups is 1. The minimum Gasteiger partial charge on any atom is -0.387 e. The van der Waals surface area contributed by atoms with Crippen LogP contribution in [0.2, 0.25) is 0 Å². The smallest absolute Gasteiger partial charge is 0.387 e. The minimum atomic E-state index is -4.56. The molecule has 0 radical (unpaired) electrons. The van der Waals surface area contributed by atoms with E-state index in [1.165, 1.54) is 6.07 Å². The largest absolute Gasteiger partial charge is 0.432 e. The van der Waals surface area contributed by atoms with E-state index >= 15 is 0 Å². The Morgan fingerprint density at radius 2 is 2.11 bits per heavy atom. The number of aromatic nitrogens is 2. The number of thiophene rings is 1. The Bertz CT molecular complexity index is 905. The topological polar surface area (TPSA) is 107 Å². The van der Waals surface area contributed by atoms with E-state index in [0.29, 0.717) is 22.7 Å². The Hall–Kier alpha value is -1.18. The highest BCUT2D eigenvalue weighted by Gasteiger charge is 2.35. The van der Waals surface area contributed by atoms with Gasteiger partial charge in [-0.1, -0.05) is 0 Å². The Kier molecular flexibility index (Phi) is 6.29. The Balaban J connectivity index is 0.00000261. The van der Waals surface area contributed by atoms with Crippen molar-refractivity contribution >= 4 is 33.8 Å². The second-order valence-corrected chi connectivity index (χ2v) is 9.16. The van der Waals surface area contributed by atoms with E-state index in [2.05, 4.69) is 15.1 Å². The summed E-state index contributed by atoms with van der Waals surface area (Å²) in [4.78, 5) is 0.681. The number of aryl methyl sites for hydroxylation is 1. The molecule has 1 atom stereocenters. The van der Waals surface area contributed by atoms with Crippen LogP contribution in [-0.4, -0.2) is 49.0 Å². The van der Waals surface area contributed by atoms with Gasteiger partial charge in [0.2, 0.25) is 10.0 Å². The van der Waals surface area contributed by atoms with E-state index in [-0.39, 0.29) is 36.1 Å². The van der Waals surface area contributed by atoms with Gasteiger partial charge in [-0.05, 0) is 32.0 Å². The van der Waals surface area contributed by atoms with Gasteiger partial charge in [-0.2, -0.15) is 18.3 Å². The van der Waals surface area contributed by atoms with Gasteiger partial charge >= 0.3 is 6.18 Å². The number of aromatic amines is 1. The number of H-pyrrole nitrogens is 1. The van der Waals surface area contributed by atoms with Crippen LogP contribution < -0.4 is 10.0 Å². The summed E-state index contributed by atoms with van der Waals surface area (Å²) in [5, 5.41) is 18.7. The molecule has 1 saturated heterocycles. The lowest BCUT2D eigenvalue weighted by molar-refractivity contribution is -0.141. The zero-order chi connectivity index (χ0) is 19.2. The van der Waals surface area contributed by atoms with E-state index in [9.17, 15) is 26.7 Å². The first-order chi connectivity index (χ1) is 12.0. The van der Waals surface area contributed by atoms with Crippen molar-refractivity contribution in [3.63, 3.8) is 0 Å². The monoisotopic (exact) mass is 446 g/mol. The average Bonchev–Trinajstić information content (AvgIpc) is 3.24. The molecule has 0 saturated carbocycles. The van der Waals surface area contributed by atoms with Gasteiger partial charge in [-0.15, -0.1) is 23.7 Å². The van der Waals surface area contributed by atoms with Gasteiger partial charge < -0.3 is 10.4 Å². The third kappa shape index (κ3) is 4.81. The van der Waals surface area contributed by atoms with E-state index in [1.807, 2.05) is 5.10 Å². The third-order valence-electron chi connectivity index (χ3n) is 4.11. The van der Waals surface area contributed by atoms with Gasteiger partial charge in [-0.25, -0.2) is 13.1 Å². The standard InChI is InChI=1S/C14H17F3N4O3S2.ClH/c1-8-11(26(23,24)19-7-13(22)2-3-18-6-13)5-10(25-8)9-4-12(21-20-9)14(15,16)17;/h4-5,18-19,22H,2-3,6-7H2,1H3,(H,20,21);1H. The maximum absolute atomic E-state index is 12.7. The van der Waals surface area contributed by atoms with Crippen molar-refractivity contribution in [2.24, 2.45) is 0 Å². The molecule has 1 fully saturated rings. The first-order valence-corrected chi connectivity index (χ1v) is 9.96. The molecule has 3 heterocycles. The first-order valence-electron chi connectivity index (χ1n) is 7.66. The van der Waals surface area contributed by atoms with Crippen molar-refractivity contribution in [2.45, 2.75) is 30.0 Å². The van der Waals surface area contributed by atoms with Gasteiger partial charge in [0.25, 0.3) is 0 Å². The summed E-state index contributed by atoms with van der Waals surface area (Å²) in [6.45, 7) is 2.30. The maximum Gasteiger partial charge on any atom is 0.432 e. The number of nitrogens with one attached hydrogen (secondary N) is 3. The fourth-order valence-corrected chi connectivity index (χ4v) is 5.31. The number of alkyl halides is 3. The van der Waals surface area contributed by atoms with E-state index in [1.54, 1.807) is 6.92 Å². The van der Waals surface area contributed by atoms with Gasteiger partial charge in [0, 0.05) is 18.0 Å². The first kappa shape index (κ1) is 22.1. The molecule has 1 unspecified atom stereocenters. The summed E-state index contributed by atoms with van der Waals surface area (Å²) < 4.78 is 65.4. The molecule has 13 heteroatoms. The number of rotatable bonds is 5. The molecule has 0 amide bonds. The van der Waals surface area contributed by atoms with Gasteiger partial charge in [-0.3, -0.25) is 5.10 Å². The molecule has 0 aromatic carbocycles. The predicted molar refractivity (Wildman–Crippen MR) is 96.5 cm³/mol. The van der Waals surface area contributed by atoms with Crippen LogP contribution in [0.3, 0.4) is 0 Å². The van der Waals surface area contributed by atoms with Crippen LogP contribution >= 0.6 is 23.7 Å². The van der Waals surface area contributed by atoms with Gasteiger partial charge in [0.1, 0.15) is 11.4 Å². The van der Waals surface area contributed by atoms with Crippen LogP contribution in [0.5, 0.6) is 0 Å². The third-order valence-corrected chi connectivity index (χ3v) is 6.84. The number of sulfonamides is 1. The fraction of sp³-hybridized carbons (Fsp3) is 0.500. The van der Waals surface area contributed by atoms with E-state index in [4.69, 9.17) is 0 Å². The summed E-state index contributed by atoms with van der Waals surface area (Å²) >= 11 is 1.03. The Morgan fingerprint density at radius 1 is 1.41 bits per heavy atom. The van der Waals surface area contributed by atoms with Crippen LogP contribution in [0.4, 0.5) is 13.2 Å². The highest BCUT2D eigenvalue weighted by molar-refractivity contribution is 7.89. The van der Waals surface area contributed by atoms with Crippen molar-refractivity contribution in [2.75, 3.05) is 19.6 Å². The summed E-state index contributed by atoms with van der Waals surface area (Å²) in [5.74, 6) is 0. The maximum atomic E-state index is 12.7. The molecular formula is C14H18ClF3N4O3S2. The quantitative estimate of drug-likeness (QED) is 0.561. The molecule has 2 aromatic rings. The molecule has 1 aliphatic rings. The van der Waals surface area contributed by atoms with Gasteiger partial charge in [0.15, 0.2) is 0 Å². The van der Waals surface area contributed by atoms with Crippen LogP contribution in [0.25, 0.3) is 10.6 Å². The molecule has 2 aromatic heterocycles. The summed E-state index contributed by atoms with van der Waals surface area (Å²) in [7, 11) is -3.91. The highest BCUT2D eigenvalue weighted by atomic mass is 35.5. The van der Waals surface area contributed by atoms with Crippen LogP contribution in [-0.2, 0) is 16.2 Å². The molecule has 3 rings (SSSR count). The number of hydrogen-bond acceptors (Lipinski definition) is 6. The lowest BCUT2D eigenvalue weighted by Crippen LogP contribution is -2.44. The second kappa shape index (κ2) is 7.68. The molecule has 7 nitrogen and oxygen atoms in total. The molecule has 0 aliphatic carbocycles. The number of halogens is 4. The van der Waals surface area contributed by atoms with E-state index in [0.717, 1.165) is 17.4 Å². The molecule has 4 N–H and O–H groups in total. The highest BCUT2D eigenvalue weighted by Crippen LogP contribution is 2.35. The van der Waals surface area contributed by atoms with Crippen molar-refractivity contribution in [3.8, 4) is 10.6 Å². The number of nitrogens with zero attached hydrogens (tertiary/aromatic N) is 1. The summed E-state index contributed by atoms with van der Waals surface area (Å²) in [5.41, 5.74) is -2.13. The van der Waals surface area contributed by atoms with E-state index < -0.39 is 27.5 Å². The predicted octanol–water partition coefficient (Wildman–Crippen LogP) is 1.89. The second-order valence-electron chi connectivity index (χ2n) is 6.17. The number of hydrogen-bond donors (Lipinski definition) is 4. The van der Waals surface area contributed by atoms with Gasteiger partial charge in [0.05, 0.1) is 15.4 Å². The van der Waals surface area contributed by atoms with Crippen molar-refractivity contribution in [3.05, 3.63) is 22.7 Å². The normalized spacial score (nSPS) is 20.6. The average molecular weight is 447 g/mol. The zero-order valence-corrected chi connectivity index (χ0v) is 16.5.